The number of hydrogen-bond donors (Lipinski definition) is 1. The summed E-state index contributed by atoms with van der Waals surface area (Å²) in [6.07, 6.45) is 4.46. The maximum absolute atomic E-state index is 4.46. The van der Waals surface area contributed by atoms with Crippen molar-refractivity contribution < 1.29 is 0 Å². The number of nitrogens with zero attached hydrogens (tertiary/aromatic N) is 2. The minimum absolute atomic E-state index is 0.538. The van der Waals surface area contributed by atoms with E-state index in [1.54, 1.807) is 0 Å². The molecule has 0 radical (unpaired) electrons. The number of aromatic nitrogens is 2. The van der Waals surface area contributed by atoms with Crippen LogP contribution in [0.4, 0.5) is 0 Å². The summed E-state index contributed by atoms with van der Waals surface area (Å²) in [5.74, 6) is 0. The monoisotopic (exact) mass is 215 g/mol. The molecule has 1 saturated heterocycles. The number of aryl methyl sites for hydroxylation is 1. The Balaban J connectivity index is 2.02. The van der Waals surface area contributed by atoms with Gasteiger partial charge in [0.15, 0.2) is 0 Å². The molecule has 84 valence electrons. The Morgan fingerprint density at radius 3 is 3.19 bits per heavy atom. The number of nitrogens with one attached hydrogen (secondary N) is 1. The van der Waals surface area contributed by atoms with E-state index < -0.39 is 0 Å². The zero-order valence-corrected chi connectivity index (χ0v) is 9.61. The molecule has 2 aromatic rings. The summed E-state index contributed by atoms with van der Waals surface area (Å²) >= 11 is 0. The van der Waals surface area contributed by atoms with Crippen LogP contribution < -0.4 is 5.32 Å². The van der Waals surface area contributed by atoms with Crippen molar-refractivity contribution in [3.63, 3.8) is 0 Å². The van der Waals surface area contributed by atoms with Gasteiger partial charge in [-0.15, -0.1) is 0 Å². The van der Waals surface area contributed by atoms with Crippen molar-refractivity contribution in [2.24, 2.45) is 0 Å². The van der Waals surface area contributed by atoms with Crippen molar-refractivity contribution in [1.29, 1.82) is 0 Å². The van der Waals surface area contributed by atoms with Gasteiger partial charge in [-0.1, -0.05) is 6.07 Å². The highest BCUT2D eigenvalue weighted by molar-refractivity contribution is 5.76. The summed E-state index contributed by atoms with van der Waals surface area (Å²) in [5.41, 5.74) is 3.74. The SMILES string of the molecule is CCn1cnc2cc(C3CCCN3)ccc21. The smallest absolute Gasteiger partial charge is 0.0958 e. The molecule has 2 heterocycles. The van der Waals surface area contributed by atoms with Crippen molar-refractivity contribution in [3.05, 3.63) is 30.1 Å². The van der Waals surface area contributed by atoms with E-state index in [0.717, 1.165) is 18.6 Å². The van der Waals surface area contributed by atoms with Gasteiger partial charge in [-0.2, -0.15) is 0 Å². The quantitative estimate of drug-likeness (QED) is 0.834. The van der Waals surface area contributed by atoms with E-state index in [-0.39, 0.29) is 0 Å². The molecular weight excluding hydrogens is 198 g/mol. The second kappa shape index (κ2) is 3.91. The molecule has 1 aliphatic rings. The van der Waals surface area contributed by atoms with Crippen LogP contribution in [0.5, 0.6) is 0 Å². The van der Waals surface area contributed by atoms with E-state index in [2.05, 4.69) is 40.0 Å². The highest BCUT2D eigenvalue weighted by Crippen LogP contribution is 2.25. The largest absolute Gasteiger partial charge is 0.331 e. The van der Waals surface area contributed by atoms with Crippen LogP contribution in [0.2, 0.25) is 0 Å². The Hall–Kier alpha value is -1.35. The molecule has 0 amide bonds. The van der Waals surface area contributed by atoms with Gasteiger partial charge in [0.05, 0.1) is 17.4 Å². The van der Waals surface area contributed by atoms with Crippen LogP contribution in [-0.4, -0.2) is 16.1 Å². The molecule has 0 spiro atoms. The summed E-state index contributed by atoms with van der Waals surface area (Å²) in [6, 6.07) is 7.20. The Morgan fingerprint density at radius 2 is 2.44 bits per heavy atom. The molecular formula is C13H17N3. The highest BCUT2D eigenvalue weighted by Gasteiger charge is 2.16. The van der Waals surface area contributed by atoms with Crippen molar-refractivity contribution in [3.8, 4) is 0 Å². The number of imidazole rings is 1. The third kappa shape index (κ3) is 1.52. The van der Waals surface area contributed by atoms with E-state index in [1.165, 1.54) is 23.9 Å². The Bertz CT molecular complexity index is 495. The van der Waals surface area contributed by atoms with Crippen LogP contribution in [0.15, 0.2) is 24.5 Å². The number of fused-ring (bicyclic) bond motifs is 1. The predicted octanol–water partition coefficient (Wildman–Crippen LogP) is 2.48. The zero-order valence-electron chi connectivity index (χ0n) is 9.61. The van der Waals surface area contributed by atoms with Crippen molar-refractivity contribution in [2.45, 2.75) is 32.4 Å². The summed E-state index contributed by atoms with van der Waals surface area (Å²) in [6.45, 7) is 4.27. The molecule has 0 aliphatic carbocycles. The van der Waals surface area contributed by atoms with Gasteiger partial charge in [0, 0.05) is 12.6 Å². The molecule has 0 bridgehead atoms. The first-order valence-corrected chi connectivity index (χ1v) is 6.06. The Kier molecular flexibility index (Phi) is 2.40. The normalized spacial score (nSPS) is 20.7. The Morgan fingerprint density at radius 1 is 1.50 bits per heavy atom. The van der Waals surface area contributed by atoms with E-state index in [9.17, 15) is 0 Å². The van der Waals surface area contributed by atoms with Crippen molar-refractivity contribution >= 4 is 11.0 Å². The Labute approximate surface area is 95.5 Å². The van der Waals surface area contributed by atoms with Crippen LogP contribution in [0.3, 0.4) is 0 Å². The molecule has 3 rings (SSSR count). The standard InChI is InChI=1S/C13H17N3/c1-2-16-9-15-12-8-10(5-6-13(12)16)11-4-3-7-14-11/h5-6,8-9,11,14H,2-4,7H2,1H3. The molecule has 1 fully saturated rings. The predicted molar refractivity (Wildman–Crippen MR) is 65.4 cm³/mol. The van der Waals surface area contributed by atoms with E-state index in [1.807, 2.05) is 6.33 Å². The van der Waals surface area contributed by atoms with Crippen molar-refractivity contribution in [1.82, 2.24) is 14.9 Å². The van der Waals surface area contributed by atoms with Gasteiger partial charge in [-0.25, -0.2) is 4.98 Å². The van der Waals surface area contributed by atoms with Gasteiger partial charge < -0.3 is 9.88 Å². The topological polar surface area (TPSA) is 29.9 Å². The molecule has 1 atom stereocenters. The molecule has 1 aliphatic heterocycles. The van der Waals surface area contributed by atoms with Crippen LogP contribution in [0, 0.1) is 0 Å². The van der Waals surface area contributed by atoms with Crippen molar-refractivity contribution in [2.75, 3.05) is 6.54 Å². The zero-order chi connectivity index (χ0) is 11.0. The van der Waals surface area contributed by atoms with Crippen LogP contribution in [-0.2, 0) is 6.54 Å². The first-order valence-electron chi connectivity index (χ1n) is 6.06. The molecule has 1 aromatic carbocycles. The second-order valence-corrected chi connectivity index (χ2v) is 4.43. The lowest BCUT2D eigenvalue weighted by atomic mass is 10.0. The molecule has 1 aromatic heterocycles. The maximum atomic E-state index is 4.46. The van der Waals surface area contributed by atoms with Gasteiger partial charge >= 0.3 is 0 Å². The molecule has 3 heteroatoms. The van der Waals surface area contributed by atoms with E-state index in [4.69, 9.17) is 0 Å². The average Bonchev–Trinajstić information content (AvgIpc) is 2.97. The van der Waals surface area contributed by atoms with Gasteiger partial charge in [-0.3, -0.25) is 0 Å². The van der Waals surface area contributed by atoms with Gasteiger partial charge in [0.25, 0.3) is 0 Å². The second-order valence-electron chi connectivity index (χ2n) is 4.43. The maximum Gasteiger partial charge on any atom is 0.0958 e. The van der Waals surface area contributed by atoms with Crippen LogP contribution >= 0.6 is 0 Å². The minimum atomic E-state index is 0.538. The summed E-state index contributed by atoms with van der Waals surface area (Å²) in [5, 5.41) is 3.52. The van der Waals surface area contributed by atoms with Crippen LogP contribution in [0.25, 0.3) is 11.0 Å². The molecule has 3 nitrogen and oxygen atoms in total. The molecule has 1 N–H and O–H groups in total. The van der Waals surface area contributed by atoms with E-state index >= 15 is 0 Å². The molecule has 0 saturated carbocycles. The first kappa shape index (κ1) is 9.85. The minimum Gasteiger partial charge on any atom is -0.331 e. The van der Waals surface area contributed by atoms with Gasteiger partial charge in [0.1, 0.15) is 0 Å². The lowest BCUT2D eigenvalue weighted by Crippen LogP contribution is -2.12. The third-order valence-corrected chi connectivity index (χ3v) is 3.45. The lowest BCUT2D eigenvalue weighted by molar-refractivity contribution is 0.648. The number of rotatable bonds is 2. The third-order valence-electron chi connectivity index (χ3n) is 3.45. The fourth-order valence-electron chi connectivity index (χ4n) is 2.52. The lowest BCUT2D eigenvalue weighted by Gasteiger charge is -2.10. The van der Waals surface area contributed by atoms with Gasteiger partial charge in [-0.05, 0) is 44.0 Å². The average molecular weight is 215 g/mol. The van der Waals surface area contributed by atoms with Crippen LogP contribution in [0.1, 0.15) is 31.4 Å². The summed E-state index contributed by atoms with van der Waals surface area (Å²) < 4.78 is 2.18. The fourth-order valence-corrected chi connectivity index (χ4v) is 2.52. The highest BCUT2D eigenvalue weighted by atomic mass is 15.0. The molecule has 1 unspecified atom stereocenters. The summed E-state index contributed by atoms with van der Waals surface area (Å²) in [4.78, 5) is 4.46. The fraction of sp³-hybridized carbons (Fsp3) is 0.462. The number of benzene rings is 1. The summed E-state index contributed by atoms with van der Waals surface area (Å²) in [7, 11) is 0. The van der Waals surface area contributed by atoms with E-state index in [0.29, 0.717) is 6.04 Å². The first-order chi connectivity index (χ1) is 7.88. The van der Waals surface area contributed by atoms with Gasteiger partial charge in [0.2, 0.25) is 0 Å². The number of hydrogen-bond acceptors (Lipinski definition) is 2. The molecule has 16 heavy (non-hydrogen) atoms.